The number of rotatable bonds is 8. The first-order valence-corrected chi connectivity index (χ1v) is 10.1. The first kappa shape index (κ1) is 19.7. The molecular weight excluding hydrogens is 378 g/mol. The lowest BCUT2D eigenvalue weighted by Crippen LogP contribution is -2.34. The van der Waals surface area contributed by atoms with E-state index in [0.29, 0.717) is 11.3 Å². The van der Waals surface area contributed by atoms with Crippen LogP contribution >= 0.6 is 0 Å². The van der Waals surface area contributed by atoms with Crippen molar-refractivity contribution in [3.8, 4) is 11.4 Å². The Labute approximate surface area is 164 Å². The van der Waals surface area contributed by atoms with Gasteiger partial charge in [-0.3, -0.25) is 4.79 Å². The minimum absolute atomic E-state index is 0.0849. The van der Waals surface area contributed by atoms with E-state index in [4.69, 9.17) is 4.74 Å². The number of nitrogens with zero attached hydrogens (tertiary/aromatic N) is 1. The molecule has 0 saturated carbocycles. The minimum Gasteiger partial charge on any atom is -0.497 e. The highest BCUT2D eigenvalue weighted by atomic mass is 32.2. The van der Waals surface area contributed by atoms with Crippen LogP contribution in [0.5, 0.6) is 5.75 Å². The van der Waals surface area contributed by atoms with E-state index < -0.39 is 10.0 Å². The Morgan fingerprint density at radius 3 is 2.21 bits per heavy atom. The fraction of sp³-hybridized carbons (Fsp3) is 0.150. The average Bonchev–Trinajstić information content (AvgIpc) is 3.26. The summed E-state index contributed by atoms with van der Waals surface area (Å²) in [5.41, 5.74) is 1.46. The van der Waals surface area contributed by atoms with Gasteiger partial charge in [-0.25, -0.2) is 13.1 Å². The topological polar surface area (TPSA) is 89.4 Å². The van der Waals surface area contributed by atoms with E-state index in [1.54, 1.807) is 24.3 Å². The number of benzene rings is 2. The smallest absolute Gasteiger partial charge is 0.251 e. The molecule has 1 aromatic heterocycles. The fourth-order valence-electron chi connectivity index (χ4n) is 2.59. The number of ether oxygens (including phenoxy) is 1. The first-order valence-electron chi connectivity index (χ1n) is 8.65. The number of amides is 1. The molecule has 2 N–H and O–H groups in total. The lowest BCUT2D eigenvalue weighted by atomic mass is 10.2. The Bertz CT molecular complexity index is 1010. The third kappa shape index (κ3) is 4.79. The second-order valence-corrected chi connectivity index (χ2v) is 7.73. The van der Waals surface area contributed by atoms with Crippen LogP contribution in [0, 0.1) is 0 Å². The summed E-state index contributed by atoms with van der Waals surface area (Å²) in [6.07, 6.45) is 3.84. The lowest BCUT2D eigenvalue weighted by Gasteiger charge is -2.09. The average molecular weight is 399 g/mol. The van der Waals surface area contributed by atoms with Crippen LogP contribution in [0.2, 0.25) is 0 Å². The van der Waals surface area contributed by atoms with Crippen LogP contribution in [-0.4, -0.2) is 39.1 Å². The van der Waals surface area contributed by atoms with Crippen molar-refractivity contribution in [2.75, 3.05) is 20.2 Å². The van der Waals surface area contributed by atoms with Crippen molar-refractivity contribution in [2.24, 2.45) is 0 Å². The molecule has 0 aliphatic carbocycles. The molecule has 0 atom stereocenters. The molecule has 8 heteroatoms. The van der Waals surface area contributed by atoms with Crippen LogP contribution in [0.25, 0.3) is 5.69 Å². The third-order valence-electron chi connectivity index (χ3n) is 4.10. The van der Waals surface area contributed by atoms with Gasteiger partial charge in [0, 0.05) is 36.7 Å². The summed E-state index contributed by atoms with van der Waals surface area (Å²) in [4.78, 5) is 12.3. The molecule has 0 spiro atoms. The number of hydrogen-bond donors (Lipinski definition) is 2. The maximum atomic E-state index is 12.2. The van der Waals surface area contributed by atoms with Crippen LogP contribution in [-0.2, 0) is 10.0 Å². The predicted octanol–water partition coefficient (Wildman–Crippen LogP) is 2.19. The third-order valence-corrected chi connectivity index (χ3v) is 5.58. The van der Waals surface area contributed by atoms with Crippen LogP contribution in [0.4, 0.5) is 0 Å². The number of methoxy groups -OCH3 is 1. The van der Waals surface area contributed by atoms with Gasteiger partial charge in [-0.05, 0) is 60.7 Å². The summed E-state index contributed by atoms with van der Waals surface area (Å²) in [7, 11) is -2.13. The Kier molecular flexibility index (Phi) is 6.13. The largest absolute Gasteiger partial charge is 0.497 e. The molecule has 0 aliphatic rings. The van der Waals surface area contributed by atoms with Crippen LogP contribution < -0.4 is 14.8 Å². The van der Waals surface area contributed by atoms with Gasteiger partial charge in [0.15, 0.2) is 0 Å². The summed E-state index contributed by atoms with van der Waals surface area (Å²) in [6, 6.07) is 17.1. The SMILES string of the molecule is COc1ccc(S(=O)(=O)NCCNC(=O)c2ccc(-n3cccc3)cc2)cc1. The first-order chi connectivity index (χ1) is 13.5. The van der Waals surface area contributed by atoms with E-state index in [9.17, 15) is 13.2 Å². The second-order valence-electron chi connectivity index (χ2n) is 5.97. The van der Waals surface area contributed by atoms with Gasteiger partial charge in [-0.15, -0.1) is 0 Å². The summed E-state index contributed by atoms with van der Waals surface area (Å²) in [5.74, 6) is 0.316. The molecule has 1 amide bonds. The molecule has 0 saturated heterocycles. The molecule has 146 valence electrons. The maximum absolute atomic E-state index is 12.2. The van der Waals surface area contributed by atoms with Gasteiger partial charge in [0.25, 0.3) is 5.91 Å². The number of carbonyl (C=O) groups excluding carboxylic acids is 1. The quantitative estimate of drug-likeness (QED) is 0.568. The lowest BCUT2D eigenvalue weighted by molar-refractivity contribution is 0.0954. The Hall–Kier alpha value is -3.10. The number of aromatic nitrogens is 1. The summed E-state index contributed by atoms with van der Waals surface area (Å²) in [5, 5.41) is 2.70. The standard InChI is InChI=1S/C20H21N3O4S/c1-27-18-8-10-19(11-9-18)28(25,26)22-13-12-21-20(24)16-4-6-17(7-5-16)23-14-2-3-15-23/h2-11,14-15,22H,12-13H2,1H3,(H,21,24). The van der Waals surface area contributed by atoms with E-state index in [2.05, 4.69) is 10.0 Å². The van der Waals surface area contributed by atoms with E-state index in [-0.39, 0.29) is 23.9 Å². The Balaban J connectivity index is 1.49. The van der Waals surface area contributed by atoms with E-state index in [1.807, 2.05) is 41.2 Å². The fourth-order valence-corrected chi connectivity index (χ4v) is 3.63. The summed E-state index contributed by atoms with van der Waals surface area (Å²) >= 11 is 0. The highest BCUT2D eigenvalue weighted by Crippen LogP contribution is 2.15. The normalized spacial score (nSPS) is 11.2. The van der Waals surface area contributed by atoms with Crippen molar-refractivity contribution in [2.45, 2.75) is 4.90 Å². The molecule has 0 aliphatic heterocycles. The number of hydrogen-bond acceptors (Lipinski definition) is 4. The molecular formula is C20H21N3O4S. The molecule has 0 radical (unpaired) electrons. The molecule has 3 rings (SSSR count). The van der Waals surface area contributed by atoms with Crippen LogP contribution in [0.1, 0.15) is 10.4 Å². The molecule has 3 aromatic rings. The molecule has 0 unspecified atom stereocenters. The van der Waals surface area contributed by atoms with Crippen molar-refractivity contribution < 1.29 is 17.9 Å². The Morgan fingerprint density at radius 2 is 1.61 bits per heavy atom. The highest BCUT2D eigenvalue weighted by molar-refractivity contribution is 7.89. The zero-order chi connectivity index (χ0) is 20.0. The zero-order valence-corrected chi connectivity index (χ0v) is 16.1. The van der Waals surface area contributed by atoms with Gasteiger partial charge in [0.05, 0.1) is 12.0 Å². The van der Waals surface area contributed by atoms with Gasteiger partial charge in [-0.2, -0.15) is 0 Å². The molecule has 1 heterocycles. The van der Waals surface area contributed by atoms with Crippen molar-refractivity contribution in [3.05, 3.63) is 78.6 Å². The van der Waals surface area contributed by atoms with E-state index in [0.717, 1.165) is 5.69 Å². The summed E-state index contributed by atoms with van der Waals surface area (Å²) < 4.78 is 33.9. The van der Waals surface area contributed by atoms with Crippen LogP contribution in [0.3, 0.4) is 0 Å². The van der Waals surface area contributed by atoms with Crippen molar-refractivity contribution in [3.63, 3.8) is 0 Å². The molecule has 2 aromatic carbocycles. The van der Waals surface area contributed by atoms with Gasteiger partial charge < -0.3 is 14.6 Å². The van der Waals surface area contributed by atoms with Gasteiger partial charge >= 0.3 is 0 Å². The number of sulfonamides is 1. The highest BCUT2D eigenvalue weighted by Gasteiger charge is 2.13. The molecule has 0 bridgehead atoms. The molecule has 28 heavy (non-hydrogen) atoms. The molecule has 0 fully saturated rings. The minimum atomic E-state index is -3.64. The maximum Gasteiger partial charge on any atom is 0.251 e. The van der Waals surface area contributed by atoms with Crippen LogP contribution in [0.15, 0.2) is 78.0 Å². The number of nitrogens with one attached hydrogen (secondary N) is 2. The Morgan fingerprint density at radius 1 is 0.964 bits per heavy atom. The number of carbonyl (C=O) groups is 1. The van der Waals surface area contributed by atoms with E-state index >= 15 is 0 Å². The summed E-state index contributed by atoms with van der Waals surface area (Å²) in [6.45, 7) is 0.259. The van der Waals surface area contributed by atoms with Crippen molar-refractivity contribution in [1.29, 1.82) is 0 Å². The van der Waals surface area contributed by atoms with Crippen molar-refractivity contribution in [1.82, 2.24) is 14.6 Å². The van der Waals surface area contributed by atoms with Gasteiger partial charge in [0.1, 0.15) is 5.75 Å². The predicted molar refractivity (Wildman–Crippen MR) is 106 cm³/mol. The monoisotopic (exact) mass is 399 g/mol. The zero-order valence-electron chi connectivity index (χ0n) is 15.3. The van der Waals surface area contributed by atoms with E-state index in [1.165, 1.54) is 19.2 Å². The van der Waals surface area contributed by atoms with Crippen molar-refractivity contribution >= 4 is 15.9 Å². The van der Waals surface area contributed by atoms with Gasteiger partial charge in [0.2, 0.25) is 10.0 Å². The van der Waals surface area contributed by atoms with Gasteiger partial charge in [-0.1, -0.05) is 0 Å². The molecule has 7 nitrogen and oxygen atoms in total. The second kappa shape index (κ2) is 8.73.